The first-order chi connectivity index (χ1) is 14.1. The van der Waals surface area contributed by atoms with E-state index < -0.39 is 12.1 Å². The number of anilines is 1. The third-order valence-electron chi connectivity index (χ3n) is 6.51. The second kappa shape index (κ2) is 6.05. The zero-order valence-corrected chi connectivity index (χ0v) is 16.2. The fourth-order valence-corrected chi connectivity index (χ4v) is 4.97. The van der Waals surface area contributed by atoms with Crippen LogP contribution in [0.5, 0.6) is 0 Å². The molecule has 2 bridgehead atoms. The lowest BCUT2D eigenvalue weighted by Crippen LogP contribution is -2.56. The summed E-state index contributed by atoms with van der Waals surface area (Å²) >= 11 is 0. The zero-order valence-electron chi connectivity index (χ0n) is 16.2. The highest BCUT2D eigenvalue weighted by molar-refractivity contribution is 5.84. The number of piperazine rings is 1. The molecule has 29 heavy (non-hydrogen) atoms. The number of hydrogen-bond donors (Lipinski definition) is 0. The Labute approximate surface area is 167 Å². The molecule has 7 nitrogen and oxygen atoms in total. The third-order valence-corrected chi connectivity index (χ3v) is 6.51. The number of halogens is 1. The number of aromatic nitrogens is 3. The summed E-state index contributed by atoms with van der Waals surface area (Å²) in [6.07, 6.45) is 5.19. The number of nitrogens with zero attached hydrogens (tertiary/aromatic N) is 5. The number of carbonyl (C=O) groups excluding carboxylic acids is 1. The minimum atomic E-state index is -0.932. The fraction of sp³-hybridized carbons (Fsp3) is 0.476. The van der Waals surface area contributed by atoms with E-state index in [1.807, 2.05) is 34.7 Å². The summed E-state index contributed by atoms with van der Waals surface area (Å²) in [6.45, 7) is 3.44. The first kappa shape index (κ1) is 17.0. The Morgan fingerprint density at radius 3 is 2.66 bits per heavy atom. The van der Waals surface area contributed by atoms with Gasteiger partial charge in [-0.3, -0.25) is 4.79 Å². The van der Waals surface area contributed by atoms with E-state index in [-0.39, 0.29) is 18.0 Å². The van der Waals surface area contributed by atoms with Crippen LogP contribution in [0, 0.1) is 12.8 Å². The van der Waals surface area contributed by atoms with E-state index >= 15 is 0 Å². The van der Waals surface area contributed by atoms with E-state index in [1.54, 1.807) is 6.20 Å². The van der Waals surface area contributed by atoms with Crippen molar-refractivity contribution in [3.8, 4) is 11.3 Å². The Hall–Kier alpha value is -2.90. The van der Waals surface area contributed by atoms with Crippen LogP contribution in [0.3, 0.4) is 0 Å². The highest BCUT2D eigenvalue weighted by Crippen LogP contribution is 2.41. The van der Waals surface area contributed by atoms with E-state index in [9.17, 15) is 9.18 Å². The normalized spacial score (nSPS) is 28.3. The van der Waals surface area contributed by atoms with Crippen LogP contribution in [0.2, 0.25) is 0 Å². The first-order valence-electron chi connectivity index (χ1n) is 10.2. The van der Waals surface area contributed by atoms with Crippen molar-refractivity contribution in [2.24, 2.45) is 5.92 Å². The summed E-state index contributed by atoms with van der Waals surface area (Å²) in [4.78, 5) is 17.0. The molecule has 0 radical (unpaired) electrons. The molecule has 1 amide bonds. The van der Waals surface area contributed by atoms with Crippen LogP contribution in [0.15, 0.2) is 35.1 Å². The zero-order chi connectivity index (χ0) is 19.7. The minimum Gasteiger partial charge on any atom is -0.366 e. The number of carbonyl (C=O) groups is 1. The van der Waals surface area contributed by atoms with Crippen molar-refractivity contribution in [1.29, 1.82) is 0 Å². The highest BCUT2D eigenvalue weighted by atomic mass is 19.1. The van der Waals surface area contributed by atoms with E-state index in [0.29, 0.717) is 6.42 Å². The molecule has 0 spiro atoms. The number of rotatable bonds is 3. The molecule has 3 fully saturated rings. The molecule has 8 heteroatoms. The standard InChI is InChI=1S/C21H22FN5O2/c1-12-6-20(29-24-12)13-7-19-18(4-5-23-26(19)9-13)25-10-14-2-3-15(11-25)27(14)21(28)16-8-17(16)22/h4-7,9,14-17H,2-3,8,10-11H2,1H3/t14?,15?,16-,17-/m1/s1. The maximum atomic E-state index is 13.4. The maximum absolute atomic E-state index is 13.4. The fourth-order valence-electron chi connectivity index (χ4n) is 4.97. The second-order valence-electron chi connectivity index (χ2n) is 8.50. The summed E-state index contributed by atoms with van der Waals surface area (Å²) < 4.78 is 20.7. The molecule has 2 unspecified atom stereocenters. The summed E-state index contributed by atoms with van der Waals surface area (Å²) in [6, 6.07) is 6.33. The van der Waals surface area contributed by atoms with Gasteiger partial charge in [0.25, 0.3) is 0 Å². The SMILES string of the molecule is Cc1cc(-c2cc3c(N4CC5CCC(C4)N5C(=O)[C@@H]4C[C@H]4F)ccnn3c2)on1. The highest BCUT2D eigenvalue weighted by Gasteiger charge is 2.51. The van der Waals surface area contributed by atoms with Gasteiger partial charge in [-0.2, -0.15) is 5.10 Å². The number of aryl methyl sites for hydroxylation is 1. The van der Waals surface area contributed by atoms with E-state index in [0.717, 1.165) is 54.2 Å². The lowest BCUT2D eigenvalue weighted by atomic mass is 10.1. The van der Waals surface area contributed by atoms with Gasteiger partial charge in [0.2, 0.25) is 5.91 Å². The Balaban J connectivity index is 1.31. The van der Waals surface area contributed by atoms with Gasteiger partial charge in [0, 0.05) is 49.2 Å². The largest absolute Gasteiger partial charge is 0.366 e. The van der Waals surface area contributed by atoms with Gasteiger partial charge in [0.05, 0.1) is 22.8 Å². The average molecular weight is 395 g/mol. The molecule has 3 aromatic rings. The van der Waals surface area contributed by atoms with Crippen LogP contribution in [0.25, 0.3) is 16.8 Å². The Kier molecular flexibility index (Phi) is 3.54. The van der Waals surface area contributed by atoms with Crippen molar-refractivity contribution in [1.82, 2.24) is 19.7 Å². The van der Waals surface area contributed by atoms with Gasteiger partial charge < -0.3 is 14.3 Å². The lowest BCUT2D eigenvalue weighted by Gasteiger charge is -2.42. The lowest BCUT2D eigenvalue weighted by molar-refractivity contribution is -0.136. The Bertz CT molecular complexity index is 1090. The van der Waals surface area contributed by atoms with Crippen LogP contribution in [0.4, 0.5) is 10.1 Å². The van der Waals surface area contributed by atoms with Crippen molar-refractivity contribution in [3.05, 3.63) is 36.3 Å². The maximum Gasteiger partial charge on any atom is 0.229 e. The van der Waals surface area contributed by atoms with Gasteiger partial charge in [-0.05, 0) is 38.3 Å². The number of fused-ring (bicyclic) bond motifs is 3. The van der Waals surface area contributed by atoms with Crippen molar-refractivity contribution >= 4 is 17.1 Å². The smallest absolute Gasteiger partial charge is 0.229 e. The van der Waals surface area contributed by atoms with Gasteiger partial charge in [-0.15, -0.1) is 0 Å². The predicted octanol–water partition coefficient (Wildman–Crippen LogP) is 2.84. The van der Waals surface area contributed by atoms with Gasteiger partial charge >= 0.3 is 0 Å². The molecule has 3 aromatic heterocycles. The van der Waals surface area contributed by atoms with Crippen LogP contribution >= 0.6 is 0 Å². The van der Waals surface area contributed by atoms with Crippen molar-refractivity contribution < 1.29 is 13.7 Å². The summed E-state index contributed by atoms with van der Waals surface area (Å²) in [5, 5.41) is 8.42. The van der Waals surface area contributed by atoms with Crippen LogP contribution in [0.1, 0.15) is 25.0 Å². The van der Waals surface area contributed by atoms with Crippen molar-refractivity contribution in [3.63, 3.8) is 0 Å². The van der Waals surface area contributed by atoms with Crippen LogP contribution in [-0.4, -0.2) is 56.9 Å². The summed E-state index contributed by atoms with van der Waals surface area (Å²) in [5.74, 6) is 0.352. The van der Waals surface area contributed by atoms with Crippen LogP contribution in [-0.2, 0) is 4.79 Å². The van der Waals surface area contributed by atoms with Gasteiger partial charge in [-0.25, -0.2) is 8.91 Å². The summed E-state index contributed by atoms with van der Waals surface area (Å²) in [5.41, 5.74) is 3.88. The quantitative estimate of drug-likeness (QED) is 0.682. The second-order valence-corrected chi connectivity index (χ2v) is 8.50. The molecule has 2 saturated heterocycles. The molecule has 5 heterocycles. The van der Waals surface area contributed by atoms with E-state index in [4.69, 9.17) is 4.52 Å². The van der Waals surface area contributed by atoms with Crippen molar-refractivity contribution in [2.75, 3.05) is 18.0 Å². The number of alkyl halides is 1. The topological polar surface area (TPSA) is 66.9 Å². The first-order valence-corrected chi connectivity index (χ1v) is 10.2. The molecular formula is C21H22FN5O2. The molecule has 6 rings (SSSR count). The molecule has 0 aromatic carbocycles. The predicted molar refractivity (Wildman–Crippen MR) is 104 cm³/mol. The molecule has 1 saturated carbocycles. The Morgan fingerprint density at radius 1 is 1.24 bits per heavy atom. The average Bonchev–Trinajstić information content (AvgIpc) is 3.04. The molecule has 150 valence electrons. The van der Waals surface area contributed by atoms with Gasteiger partial charge in [0.15, 0.2) is 5.76 Å². The molecular weight excluding hydrogens is 373 g/mol. The van der Waals surface area contributed by atoms with E-state index in [1.165, 1.54) is 0 Å². The molecule has 4 atom stereocenters. The van der Waals surface area contributed by atoms with Crippen LogP contribution < -0.4 is 4.90 Å². The number of hydrogen-bond acceptors (Lipinski definition) is 5. The minimum absolute atomic E-state index is 0.0233. The van der Waals surface area contributed by atoms with Gasteiger partial charge in [-0.1, -0.05) is 5.16 Å². The monoisotopic (exact) mass is 395 g/mol. The van der Waals surface area contributed by atoms with E-state index in [2.05, 4.69) is 21.2 Å². The molecule has 1 aliphatic carbocycles. The van der Waals surface area contributed by atoms with Gasteiger partial charge in [0.1, 0.15) is 6.17 Å². The summed E-state index contributed by atoms with van der Waals surface area (Å²) in [7, 11) is 0. The third kappa shape index (κ3) is 2.65. The molecule has 2 aliphatic heterocycles. The Morgan fingerprint density at radius 2 is 2.00 bits per heavy atom. The molecule has 0 N–H and O–H groups in total. The number of amides is 1. The molecule has 3 aliphatic rings. The van der Waals surface area contributed by atoms with Crippen molar-refractivity contribution in [2.45, 2.75) is 44.4 Å².